The van der Waals surface area contributed by atoms with Crippen molar-refractivity contribution in [1.29, 1.82) is 0 Å². The van der Waals surface area contributed by atoms with E-state index in [1.54, 1.807) is 11.8 Å². The number of amides is 1. The van der Waals surface area contributed by atoms with Crippen molar-refractivity contribution >= 4 is 34.8 Å². The molecule has 1 fully saturated rings. The highest BCUT2D eigenvalue weighted by molar-refractivity contribution is 9.10. The lowest BCUT2D eigenvalue weighted by Crippen LogP contribution is -2.41. The van der Waals surface area contributed by atoms with Gasteiger partial charge in [-0.05, 0) is 72.8 Å². The molecule has 1 saturated heterocycles. The fourth-order valence-corrected chi connectivity index (χ4v) is 3.88. The summed E-state index contributed by atoms with van der Waals surface area (Å²) in [6.07, 6.45) is 1.19. The van der Waals surface area contributed by atoms with E-state index in [1.165, 1.54) is 12.1 Å². The third-order valence-electron chi connectivity index (χ3n) is 6.53. The van der Waals surface area contributed by atoms with E-state index in [2.05, 4.69) is 15.9 Å². The Bertz CT molecular complexity index is 1060. The number of benzene rings is 1. The second kappa shape index (κ2) is 12.9. The second-order valence-corrected chi connectivity index (χ2v) is 12.3. The minimum absolute atomic E-state index is 0.146. The minimum Gasteiger partial charge on any atom is -0.478 e. The largest absolute Gasteiger partial charge is 0.490 e. The number of hydrogen-bond acceptors (Lipinski definition) is 7. The molecule has 3 rings (SSSR count). The number of nitro benzene ring substituents is 1. The first-order chi connectivity index (χ1) is 17.9. The van der Waals surface area contributed by atoms with E-state index < -0.39 is 30.0 Å². The monoisotopic (exact) mass is 618 g/mol. The van der Waals surface area contributed by atoms with Gasteiger partial charge in [-0.15, -0.1) is 0 Å². The summed E-state index contributed by atoms with van der Waals surface area (Å²) in [5.74, 6) is -0.146. The van der Waals surface area contributed by atoms with Gasteiger partial charge in [0, 0.05) is 29.7 Å². The van der Waals surface area contributed by atoms with Crippen molar-refractivity contribution in [2.24, 2.45) is 0 Å². The zero-order valence-electron chi connectivity index (χ0n) is 23.8. The Morgan fingerprint density at radius 1 is 1.21 bits per heavy atom. The fourth-order valence-electron chi connectivity index (χ4n) is 3.55. The molecule has 0 unspecified atom stereocenters. The van der Waals surface area contributed by atoms with Gasteiger partial charge in [-0.25, -0.2) is 13.6 Å². The summed E-state index contributed by atoms with van der Waals surface area (Å²) in [7, 11) is -0.314. The van der Waals surface area contributed by atoms with Gasteiger partial charge in [0.15, 0.2) is 11.9 Å². The van der Waals surface area contributed by atoms with Crippen LogP contribution < -0.4 is 4.74 Å². The predicted octanol–water partition coefficient (Wildman–Crippen LogP) is 6.54. The van der Waals surface area contributed by atoms with Crippen LogP contribution in [0.15, 0.2) is 28.2 Å². The summed E-state index contributed by atoms with van der Waals surface area (Å²) in [6, 6.07) is 2.62. The Morgan fingerprint density at radius 3 is 2.21 bits per heavy atom. The van der Waals surface area contributed by atoms with Gasteiger partial charge in [0.1, 0.15) is 19.0 Å². The van der Waals surface area contributed by atoms with Crippen LogP contribution in [0.4, 0.5) is 19.3 Å². The maximum Gasteiger partial charge on any atom is 0.490 e. The number of carbonyl (C=O) groups is 1. The van der Waals surface area contributed by atoms with Gasteiger partial charge in [-0.2, -0.15) is 0 Å². The summed E-state index contributed by atoms with van der Waals surface area (Å²) in [6.45, 7) is 14.6. The Hall–Kier alpha value is -2.25. The van der Waals surface area contributed by atoms with Gasteiger partial charge in [-0.1, -0.05) is 22.0 Å². The number of carbonyl (C=O) groups excluding carboxylic acids is 1. The lowest BCUT2D eigenvalue weighted by atomic mass is 9.75. The third-order valence-corrected chi connectivity index (χ3v) is 7.38. The molecule has 2 heterocycles. The van der Waals surface area contributed by atoms with Crippen LogP contribution in [0.2, 0.25) is 0 Å². The zero-order chi connectivity index (χ0) is 29.8. The van der Waals surface area contributed by atoms with Crippen LogP contribution in [0, 0.1) is 17.0 Å². The molecule has 0 aliphatic carbocycles. The van der Waals surface area contributed by atoms with Crippen LogP contribution in [0.1, 0.15) is 60.5 Å². The first-order valence-corrected chi connectivity index (χ1v) is 13.5. The van der Waals surface area contributed by atoms with Crippen molar-refractivity contribution < 1.29 is 37.3 Å². The lowest BCUT2D eigenvalue weighted by molar-refractivity contribution is -0.386. The molecule has 0 aromatic heterocycles. The Balaban J connectivity index is 0.000000283. The number of aryl methyl sites for hydroxylation is 1. The topological polar surface area (TPSA) is 100 Å². The van der Waals surface area contributed by atoms with Gasteiger partial charge in [0.25, 0.3) is 0 Å². The van der Waals surface area contributed by atoms with Crippen molar-refractivity contribution in [3.8, 4) is 5.75 Å². The molecule has 1 aromatic rings. The second-order valence-electron chi connectivity index (χ2n) is 11.4. The fraction of sp³-hybridized carbons (Fsp3) is 0.654. The Morgan fingerprint density at radius 2 is 1.77 bits per heavy atom. The number of halogens is 3. The first-order valence-electron chi connectivity index (χ1n) is 12.7. The molecule has 2 aliphatic rings. The van der Waals surface area contributed by atoms with E-state index >= 15 is 0 Å². The summed E-state index contributed by atoms with van der Waals surface area (Å²) in [5, 5.41) is 10.8. The molecular weight excluding hydrogens is 581 g/mol. The smallest absolute Gasteiger partial charge is 0.478 e. The summed E-state index contributed by atoms with van der Waals surface area (Å²) in [5.41, 5.74) is 0.311. The van der Waals surface area contributed by atoms with E-state index in [1.807, 2.05) is 54.5 Å². The molecule has 0 bridgehead atoms. The molecule has 0 atom stereocenters. The van der Waals surface area contributed by atoms with E-state index in [0.717, 1.165) is 11.9 Å². The Kier molecular flexibility index (Phi) is 10.9. The summed E-state index contributed by atoms with van der Waals surface area (Å²) in [4.78, 5) is 23.9. The van der Waals surface area contributed by atoms with Crippen LogP contribution in [-0.2, 0) is 14.0 Å². The molecule has 218 valence electrons. The van der Waals surface area contributed by atoms with Crippen LogP contribution >= 0.6 is 15.9 Å². The number of nitrogens with zero attached hydrogens (tertiary/aromatic N) is 2. The maximum absolute atomic E-state index is 12.3. The Labute approximate surface area is 237 Å². The van der Waals surface area contributed by atoms with E-state index in [-0.39, 0.29) is 35.9 Å². The number of alkyl halides is 2. The van der Waals surface area contributed by atoms with Crippen LogP contribution in [-0.4, -0.2) is 72.4 Å². The van der Waals surface area contributed by atoms with Crippen molar-refractivity contribution in [1.82, 2.24) is 4.90 Å². The molecule has 0 radical (unpaired) electrons. The molecule has 0 spiro atoms. The third kappa shape index (κ3) is 8.87. The average Bonchev–Trinajstić information content (AvgIpc) is 3.05. The van der Waals surface area contributed by atoms with Crippen LogP contribution in [0.3, 0.4) is 0 Å². The molecule has 39 heavy (non-hydrogen) atoms. The summed E-state index contributed by atoms with van der Waals surface area (Å²) < 4.78 is 47.6. The van der Waals surface area contributed by atoms with Crippen molar-refractivity contribution in [2.45, 2.75) is 84.7 Å². The highest BCUT2D eigenvalue weighted by atomic mass is 79.9. The molecule has 0 saturated carbocycles. The molecule has 13 heteroatoms. The summed E-state index contributed by atoms with van der Waals surface area (Å²) >= 11 is 3.17. The minimum atomic E-state index is -1.32. The number of nitro groups is 1. The van der Waals surface area contributed by atoms with Gasteiger partial charge >= 0.3 is 18.9 Å². The van der Waals surface area contributed by atoms with E-state index in [4.69, 9.17) is 18.8 Å². The van der Waals surface area contributed by atoms with Crippen LogP contribution in [0.25, 0.3) is 0 Å². The molecular formula is C26H38BBrF2N2O7. The molecule has 1 aromatic carbocycles. The highest BCUT2D eigenvalue weighted by Gasteiger charge is 2.52. The van der Waals surface area contributed by atoms with Crippen molar-refractivity contribution in [2.75, 3.05) is 26.4 Å². The first kappa shape index (κ1) is 33.0. The van der Waals surface area contributed by atoms with E-state index in [0.29, 0.717) is 23.1 Å². The van der Waals surface area contributed by atoms with Gasteiger partial charge in [0.05, 0.1) is 16.1 Å². The van der Waals surface area contributed by atoms with Gasteiger partial charge < -0.3 is 23.7 Å². The number of ether oxygens (including phenoxy) is 2. The maximum atomic E-state index is 12.3. The van der Waals surface area contributed by atoms with Crippen LogP contribution in [0.5, 0.6) is 5.75 Å². The quantitative estimate of drug-likeness (QED) is 0.203. The standard InChI is InChI=1S/C16H28BNO4.C10H10BrF2NO3/c1-14(2,3)20-13(19)18-10-8-12(9-11-18)17-21-15(4,5)16(6,7)22-17;1-6-2-9(14(15)16)10(3-8(6)11)17-7(4-12)5-13/h8H,9-11H2,1-7H3;2-3,7H,4-5H2,1H3. The molecule has 2 aliphatic heterocycles. The zero-order valence-corrected chi connectivity index (χ0v) is 25.4. The van der Waals surface area contributed by atoms with Gasteiger partial charge in [-0.3, -0.25) is 10.1 Å². The van der Waals surface area contributed by atoms with Crippen molar-refractivity contribution in [3.05, 3.63) is 43.8 Å². The lowest BCUT2D eigenvalue weighted by Gasteiger charge is -2.32. The number of hydrogen-bond donors (Lipinski definition) is 0. The van der Waals surface area contributed by atoms with Crippen molar-refractivity contribution in [3.63, 3.8) is 0 Å². The predicted molar refractivity (Wildman–Crippen MR) is 148 cm³/mol. The van der Waals surface area contributed by atoms with Gasteiger partial charge in [0.2, 0.25) is 0 Å². The molecule has 1 amide bonds. The number of rotatable bonds is 6. The highest BCUT2D eigenvalue weighted by Crippen LogP contribution is 2.39. The molecule has 9 nitrogen and oxygen atoms in total. The average molecular weight is 619 g/mol. The molecule has 0 N–H and O–H groups in total. The SMILES string of the molecule is CC(C)(C)OC(=O)N1CC=C(B2OC(C)(C)C(C)(C)O2)CC1.Cc1cc([N+](=O)[O-])c(OC(CF)CF)cc1Br. The normalized spacial score (nSPS) is 18.3. The van der Waals surface area contributed by atoms with E-state index in [9.17, 15) is 23.7 Å².